The molecule has 0 saturated carbocycles. The predicted octanol–water partition coefficient (Wildman–Crippen LogP) is 0.855. The summed E-state index contributed by atoms with van der Waals surface area (Å²) in [6.45, 7) is 6.09. The molecule has 0 unspecified atom stereocenters. The van der Waals surface area contributed by atoms with E-state index in [1.165, 1.54) is 4.90 Å². The fourth-order valence-electron chi connectivity index (χ4n) is 2.02. The van der Waals surface area contributed by atoms with Crippen LogP contribution in [0.15, 0.2) is 0 Å². The van der Waals surface area contributed by atoms with Crippen LogP contribution in [0, 0.1) is 5.92 Å². The van der Waals surface area contributed by atoms with Crippen LogP contribution >= 0.6 is 0 Å². The van der Waals surface area contributed by atoms with Crippen LogP contribution in [0.3, 0.4) is 0 Å². The average Bonchev–Trinajstić information content (AvgIpc) is 2.35. The number of halogens is 3. The highest BCUT2D eigenvalue weighted by molar-refractivity contribution is 5.78. The van der Waals surface area contributed by atoms with Crippen molar-refractivity contribution in [3.8, 4) is 0 Å². The van der Waals surface area contributed by atoms with Crippen LogP contribution in [-0.2, 0) is 9.59 Å². The number of carbonyl (C=O) groups excluding carboxylic acids is 2. The Morgan fingerprint density at radius 3 is 2.19 bits per heavy atom. The zero-order valence-corrected chi connectivity index (χ0v) is 12.4. The molecule has 0 aromatic rings. The first-order chi connectivity index (χ1) is 9.67. The first-order valence-corrected chi connectivity index (χ1v) is 7.01. The lowest BCUT2D eigenvalue weighted by atomic mass is 10.2. The Labute approximate surface area is 122 Å². The molecule has 21 heavy (non-hydrogen) atoms. The van der Waals surface area contributed by atoms with E-state index in [1.807, 2.05) is 18.7 Å². The van der Waals surface area contributed by atoms with Crippen molar-refractivity contribution in [2.75, 3.05) is 39.3 Å². The fraction of sp³-hybridized carbons (Fsp3) is 0.846. The smallest absolute Gasteiger partial charge is 0.355 e. The van der Waals surface area contributed by atoms with Crippen LogP contribution in [0.2, 0.25) is 0 Å². The maximum Gasteiger partial charge on any atom is 0.397 e. The van der Waals surface area contributed by atoms with Gasteiger partial charge in [0.2, 0.25) is 11.8 Å². The molecular formula is C13H22F3N3O2. The van der Waals surface area contributed by atoms with Gasteiger partial charge in [0.15, 0.2) is 0 Å². The van der Waals surface area contributed by atoms with E-state index >= 15 is 0 Å². The molecule has 122 valence electrons. The Morgan fingerprint density at radius 2 is 1.71 bits per heavy atom. The third kappa shape index (κ3) is 7.31. The lowest BCUT2D eigenvalue weighted by Crippen LogP contribution is -2.51. The summed E-state index contributed by atoms with van der Waals surface area (Å²) in [5, 5.41) is 2.78. The van der Waals surface area contributed by atoms with Crippen molar-refractivity contribution in [3.63, 3.8) is 0 Å². The van der Waals surface area contributed by atoms with E-state index in [0.29, 0.717) is 25.6 Å². The Balaban J connectivity index is 2.29. The minimum atomic E-state index is -4.47. The molecule has 0 aliphatic carbocycles. The second kappa shape index (κ2) is 7.63. The van der Waals surface area contributed by atoms with E-state index in [-0.39, 0.29) is 25.5 Å². The molecule has 0 radical (unpaired) electrons. The highest BCUT2D eigenvalue weighted by Crippen LogP contribution is 2.21. The Bertz CT molecular complexity index is 364. The number of carbonyl (C=O) groups is 2. The topological polar surface area (TPSA) is 52.7 Å². The lowest BCUT2D eigenvalue weighted by Gasteiger charge is -2.34. The maximum atomic E-state index is 12.1. The van der Waals surface area contributed by atoms with Gasteiger partial charge in [-0.1, -0.05) is 13.8 Å². The zero-order chi connectivity index (χ0) is 16.0. The molecular weight excluding hydrogens is 287 g/mol. The molecule has 2 amide bonds. The molecule has 1 fully saturated rings. The van der Waals surface area contributed by atoms with Crippen molar-refractivity contribution in [2.24, 2.45) is 5.92 Å². The second-order valence-corrected chi connectivity index (χ2v) is 5.65. The number of amides is 2. The molecule has 8 heteroatoms. The monoisotopic (exact) mass is 309 g/mol. The van der Waals surface area contributed by atoms with Gasteiger partial charge in [0.25, 0.3) is 0 Å². The summed E-state index contributed by atoms with van der Waals surface area (Å²) >= 11 is 0. The van der Waals surface area contributed by atoms with Crippen molar-refractivity contribution in [1.29, 1.82) is 0 Å². The predicted molar refractivity (Wildman–Crippen MR) is 71.5 cm³/mol. The van der Waals surface area contributed by atoms with Gasteiger partial charge in [-0.3, -0.25) is 14.5 Å². The number of hydrogen-bond donors (Lipinski definition) is 1. The van der Waals surface area contributed by atoms with Crippen molar-refractivity contribution < 1.29 is 22.8 Å². The summed E-state index contributed by atoms with van der Waals surface area (Å²) < 4.78 is 36.4. The van der Waals surface area contributed by atoms with E-state index in [4.69, 9.17) is 0 Å². The summed E-state index contributed by atoms with van der Waals surface area (Å²) in [5.41, 5.74) is 0. The molecule has 1 saturated heterocycles. The van der Waals surface area contributed by atoms with Crippen LogP contribution < -0.4 is 5.32 Å². The molecule has 0 atom stereocenters. The summed E-state index contributed by atoms with van der Waals surface area (Å²) in [6, 6.07) is 0. The number of nitrogens with zero attached hydrogens (tertiary/aromatic N) is 2. The van der Waals surface area contributed by atoms with Crippen molar-refractivity contribution in [3.05, 3.63) is 0 Å². The van der Waals surface area contributed by atoms with Crippen LogP contribution in [0.5, 0.6) is 0 Å². The third-order valence-electron chi connectivity index (χ3n) is 3.15. The van der Waals surface area contributed by atoms with E-state index in [1.54, 1.807) is 0 Å². The second-order valence-electron chi connectivity index (χ2n) is 5.65. The summed E-state index contributed by atoms with van der Waals surface area (Å²) in [6.07, 6.45) is -5.88. The SMILES string of the molecule is CC(C)CNC(=O)CN1CCN(C(=O)CC(F)(F)F)CC1. The van der Waals surface area contributed by atoms with E-state index in [9.17, 15) is 22.8 Å². The van der Waals surface area contributed by atoms with Gasteiger partial charge in [0.1, 0.15) is 6.42 Å². The van der Waals surface area contributed by atoms with Gasteiger partial charge in [0.05, 0.1) is 6.54 Å². The van der Waals surface area contributed by atoms with Crippen molar-refractivity contribution in [1.82, 2.24) is 15.1 Å². The lowest BCUT2D eigenvalue weighted by molar-refractivity contribution is -0.162. The summed E-state index contributed by atoms with van der Waals surface area (Å²) in [4.78, 5) is 26.1. The minimum absolute atomic E-state index is 0.0984. The van der Waals surface area contributed by atoms with E-state index < -0.39 is 18.5 Å². The van der Waals surface area contributed by atoms with E-state index in [2.05, 4.69) is 5.32 Å². The number of hydrogen-bond acceptors (Lipinski definition) is 3. The van der Waals surface area contributed by atoms with Gasteiger partial charge in [-0.05, 0) is 5.92 Å². The third-order valence-corrected chi connectivity index (χ3v) is 3.15. The van der Waals surface area contributed by atoms with Crippen LogP contribution in [0.4, 0.5) is 13.2 Å². The van der Waals surface area contributed by atoms with Gasteiger partial charge < -0.3 is 10.2 Å². The van der Waals surface area contributed by atoms with Gasteiger partial charge >= 0.3 is 6.18 Å². The van der Waals surface area contributed by atoms with Crippen LogP contribution in [-0.4, -0.2) is 67.1 Å². The highest BCUT2D eigenvalue weighted by Gasteiger charge is 2.34. The van der Waals surface area contributed by atoms with E-state index in [0.717, 1.165) is 0 Å². The Morgan fingerprint density at radius 1 is 1.14 bits per heavy atom. The normalized spacial score (nSPS) is 17.1. The Hall–Kier alpha value is -1.31. The first kappa shape index (κ1) is 17.7. The van der Waals surface area contributed by atoms with Crippen LogP contribution in [0.1, 0.15) is 20.3 Å². The molecule has 0 aromatic heterocycles. The molecule has 1 rings (SSSR count). The molecule has 1 aliphatic rings. The highest BCUT2D eigenvalue weighted by atomic mass is 19.4. The number of alkyl halides is 3. The van der Waals surface area contributed by atoms with Crippen LogP contribution in [0.25, 0.3) is 0 Å². The van der Waals surface area contributed by atoms with Gasteiger partial charge in [0, 0.05) is 32.7 Å². The largest absolute Gasteiger partial charge is 0.397 e. The number of nitrogens with one attached hydrogen (secondary N) is 1. The number of rotatable bonds is 5. The summed E-state index contributed by atoms with van der Waals surface area (Å²) in [5.74, 6) is -0.629. The quantitative estimate of drug-likeness (QED) is 0.819. The zero-order valence-electron chi connectivity index (χ0n) is 12.4. The standard InChI is InChI=1S/C13H22F3N3O2/c1-10(2)8-17-11(20)9-18-3-5-19(6-4-18)12(21)7-13(14,15)16/h10H,3-9H2,1-2H3,(H,17,20). The molecule has 0 spiro atoms. The minimum Gasteiger partial charge on any atom is -0.355 e. The Kier molecular flexibility index (Phi) is 6.44. The van der Waals surface area contributed by atoms with Gasteiger partial charge in [-0.25, -0.2) is 0 Å². The average molecular weight is 309 g/mol. The van der Waals surface area contributed by atoms with Crippen molar-refractivity contribution >= 4 is 11.8 Å². The number of piperazine rings is 1. The molecule has 1 aliphatic heterocycles. The van der Waals surface area contributed by atoms with Crippen molar-refractivity contribution in [2.45, 2.75) is 26.4 Å². The molecule has 0 bridgehead atoms. The molecule has 5 nitrogen and oxygen atoms in total. The fourth-order valence-corrected chi connectivity index (χ4v) is 2.02. The summed E-state index contributed by atoms with van der Waals surface area (Å²) in [7, 11) is 0. The van der Waals surface area contributed by atoms with Gasteiger partial charge in [-0.2, -0.15) is 13.2 Å². The van der Waals surface area contributed by atoms with Gasteiger partial charge in [-0.15, -0.1) is 0 Å². The maximum absolute atomic E-state index is 12.1. The molecule has 0 aromatic carbocycles. The molecule has 1 N–H and O–H groups in total. The first-order valence-electron chi connectivity index (χ1n) is 7.01. The molecule has 1 heterocycles.